The SMILES string of the molecule is COC(=O)C(CC(C)C)NC(=O)c1cccc(S(=O)(=O)NCC2CC2)c1. The topological polar surface area (TPSA) is 102 Å². The van der Waals surface area contributed by atoms with Gasteiger partial charge in [0.15, 0.2) is 0 Å². The van der Waals surface area contributed by atoms with Crippen molar-refractivity contribution in [2.24, 2.45) is 11.8 Å². The number of hydrogen-bond donors (Lipinski definition) is 2. The van der Waals surface area contributed by atoms with E-state index in [2.05, 4.69) is 10.0 Å². The highest BCUT2D eigenvalue weighted by atomic mass is 32.2. The van der Waals surface area contributed by atoms with Crippen LogP contribution in [0.2, 0.25) is 0 Å². The first kappa shape index (κ1) is 20.4. The summed E-state index contributed by atoms with van der Waals surface area (Å²) in [5, 5.41) is 2.63. The lowest BCUT2D eigenvalue weighted by atomic mass is 10.0. The minimum atomic E-state index is -3.66. The molecule has 0 spiro atoms. The van der Waals surface area contributed by atoms with Crippen LogP contribution in [0.4, 0.5) is 0 Å². The van der Waals surface area contributed by atoms with Gasteiger partial charge >= 0.3 is 5.97 Å². The van der Waals surface area contributed by atoms with Gasteiger partial charge in [0.2, 0.25) is 10.0 Å². The molecule has 2 N–H and O–H groups in total. The Kier molecular flexibility index (Phi) is 6.77. The van der Waals surface area contributed by atoms with E-state index < -0.39 is 27.9 Å². The quantitative estimate of drug-likeness (QED) is 0.633. The van der Waals surface area contributed by atoms with Gasteiger partial charge in [0, 0.05) is 12.1 Å². The van der Waals surface area contributed by atoms with Crippen LogP contribution < -0.4 is 10.0 Å². The fraction of sp³-hybridized carbons (Fsp3) is 0.556. The molecule has 0 bridgehead atoms. The number of sulfonamides is 1. The summed E-state index contributed by atoms with van der Waals surface area (Å²) >= 11 is 0. The van der Waals surface area contributed by atoms with Gasteiger partial charge < -0.3 is 10.1 Å². The highest BCUT2D eigenvalue weighted by Gasteiger charge is 2.26. The van der Waals surface area contributed by atoms with Gasteiger partial charge in [0.25, 0.3) is 5.91 Å². The Morgan fingerprint density at radius 2 is 1.96 bits per heavy atom. The molecule has 26 heavy (non-hydrogen) atoms. The smallest absolute Gasteiger partial charge is 0.328 e. The highest BCUT2D eigenvalue weighted by molar-refractivity contribution is 7.89. The van der Waals surface area contributed by atoms with Crippen molar-refractivity contribution < 1.29 is 22.7 Å². The van der Waals surface area contributed by atoms with Crippen LogP contribution in [0.15, 0.2) is 29.2 Å². The van der Waals surface area contributed by atoms with Crippen molar-refractivity contribution >= 4 is 21.9 Å². The van der Waals surface area contributed by atoms with E-state index in [0.29, 0.717) is 18.9 Å². The van der Waals surface area contributed by atoms with E-state index in [4.69, 9.17) is 4.74 Å². The molecule has 1 aromatic rings. The number of amides is 1. The minimum absolute atomic E-state index is 0.0317. The second-order valence-corrected chi connectivity index (χ2v) is 8.77. The van der Waals surface area contributed by atoms with Gasteiger partial charge in [-0.05, 0) is 49.3 Å². The summed E-state index contributed by atoms with van der Waals surface area (Å²) in [4.78, 5) is 24.4. The third-order valence-electron chi connectivity index (χ3n) is 4.16. The average Bonchev–Trinajstić information content (AvgIpc) is 3.43. The molecule has 1 aliphatic carbocycles. The zero-order valence-electron chi connectivity index (χ0n) is 15.3. The molecule has 1 amide bonds. The number of carbonyl (C=O) groups is 2. The molecule has 7 nitrogen and oxygen atoms in total. The summed E-state index contributed by atoms with van der Waals surface area (Å²) in [6.07, 6.45) is 2.50. The lowest BCUT2D eigenvalue weighted by molar-refractivity contribution is -0.143. The van der Waals surface area contributed by atoms with Gasteiger partial charge in [-0.15, -0.1) is 0 Å². The molecule has 0 aliphatic heterocycles. The van der Waals surface area contributed by atoms with Crippen molar-refractivity contribution in [3.05, 3.63) is 29.8 Å². The maximum Gasteiger partial charge on any atom is 0.328 e. The first-order chi connectivity index (χ1) is 12.2. The Morgan fingerprint density at radius 1 is 1.27 bits per heavy atom. The van der Waals surface area contributed by atoms with Crippen LogP contribution in [0.5, 0.6) is 0 Å². The highest BCUT2D eigenvalue weighted by Crippen LogP contribution is 2.28. The maximum atomic E-state index is 12.5. The van der Waals surface area contributed by atoms with E-state index in [9.17, 15) is 18.0 Å². The van der Waals surface area contributed by atoms with E-state index in [1.807, 2.05) is 13.8 Å². The molecule has 1 aliphatic rings. The molecule has 0 heterocycles. The molecular weight excluding hydrogens is 356 g/mol. The largest absolute Gasteiger partial charge is 0.467 e. The second kappa shape index (κ2) is 8.64. The molecular formula is C18H26N2O5S. The third-order valence-corrected chi connectivity index (χ3v) is 5.58. The van der Waals surface area contributed by atoms with Crippen molar-refractivity contribution in [2.45, 2.75) is 44.0 Å². The second-order valence-electron chi connectivity index (χ2n) is 7.00. The molecule has 1 aromatic carbocycles. The Balaban J connectivity index is 2.11. The number of benzene rings is 1. The number of rotatable bonds is 9. The number of esters is 1. The van der Waals surface area contributed by atoms with Crippen molar-refractivity contribution in [1.82, 2.24) is 10.0 Å². The molecule has 1 unspecified atom stereocenters. The number of nitrogens with one attached hydrogen (secondary N) is 2. The average molecular weight is 382 g/mol. The number of carbonyl (C=O) groups excluding carboxylic acids is 2. The summed E-state index contributed by atoms with van der Waals surface area (Å²) in [6, 6.07) is 5.00. The zero-order chi connectivity index (χ0) is 19.3. The standard InChI is InChI=1S/C18H26N2O5S/c1-12(2)9-16(18(22)25-3)20-17(21)14-5-4-6-15(10-14)26(23,24)19-11-13-7-8-13/h4-6,10,12-13,16,19H,7-9,11H2,1-3H3,(H,20,21). The lowest BCUT2D eigenvalue weighted by Gasteiger charge is -2.18. The van der Waals surface area contributed by atoms with E-state index in [1.165, 1.54) is 31.4 Å². The first-order valence-electron chi connectivity index (χ1n) is 8.71. The van der Waals surface area contributed by atoms with E-state index in [1.54, 1.807) is 0 Å². The summed E-state index contributed by atoms with van der Waals surface area (Å²) in [5.74, 6) is -0.451. The van der Waals surface area contributed by atoms with Gasteiger partial charge in [-0.2, -0.15) is 0 Å². The van der Waals surface area contributed by atoms with Crippen LogP contribution >= 0.6 is 0 Å². The molecule has 0 aromatic heterocycles. The van der Waals surface area contributed by atoms with Crippen molar-refractivity contribution in [2.75, 3.05) is 13.7 Å². The molecule has 2 rings (SSSR count). The third kappa shape index (κ3) is 5.81. The lowest BCUT2D eigenvalue weighted by Crippen LogP contribution is -2.42. The predicted molar refractivity (Wildman–Crippen MR) is 97.1 cm³/mol. The van der Waals surface area contributed by atoms with Gasteiger partial charge in [-0.25, -0.2) is 17.9 Å². The zero-order valence-corrected chi connectivity index (χ0v) is 16.1. The van der Waals surface area contributed by atoms with Crippen LogP contribution in [-0.4, -0.2) is 40.0 Å². The fourth-order valence-corrected chi connectivity index (χ4v) is 3.67. The van der Waals surface area contributed by atoms with Gasteiger partial charge in [0.05, 0.1) is 12.0 Å². The number of ether oxygens (including phenoxy) is 1. The van der Waals surface area contributed by atoms with Gasteiger partial charge in [-0.3, -0.25) is 4.79 Å². The Morgan fingerprint density at radius 3 is 2.54 bits per heavy atom. The summed E-state index contributed by atoms with van der Waals surface area (Å²) in [5.41, 5.74) is 0.178. The molecule has 1 atom stereocenters. The van der Waals surface area contributed by atoms with Crippen LogP contribution in [0.3, 0.4) is 0 Å². The van der Waals surface area contributed by atoms with Crippen LogP contribution in [-0.2, 0) is 19.6 Å². The molecule has 0 saturated heterocycles. The van der Waals surface area contributed by atoms with Gasteiger partial charge in [-0.1, -0.05) is 19.9 Å². The Hall–Kier alpha value is -1.93. The predicted octanol–water partition coefficient (Wildman–Crippen LogP) is 1.69. The first-order valence-corrected chi connectivity index (χ1v) is 10.2. The van der Waals surface area contributed by atoms with E-state index >= 15 is 0 Å². The normalized spacial score (nSPS) is 15.5. The van der Waals surface area contributed by atoms with Gasteiger partial charge in [0.1, 0.15) is 6.04 Å². The van der Waals surface area contributed by atoms with Crippen molar-refractivity contribution in [3.63, 3.8) is 0 Å². The summed E-state index contributed by atoms with van der Waals surface area (Å²) < 4.78 is 32.0. The Bertz CT molecular complexity index is 757. The maximum absolute atomic E-state index is 12.5. The molecule has 1 saturated carbocycles. The summed E-state index contributed by atoms with van der Waals surface area (Å²) in [7, 11) is -2.40. The van der Waals surface area contributed by atoms with E-state index in [0.717, 1.165) is 12.8 Å². The van der Waals surface area contributed by atoms with Crippen molar-refractivity contribution in [3.8, 4) is 0 Å². The molecule has 1 fully saturated rings. The monoisotopic (exact) mass is 382 g/mol. The van der Waals surface area contributed by atoms with Crippen LogP contribution in [0.1, 0.15) is 43.5 Å². The van der Waals surface area contributed by atoms with E-state index in [-0.39, 0.29) is 16.4 Å². The van der Waals surface area contributed by atoms with Crippen molar-refractivity contribution in [1.29, 1.82) is 0 Å². The van der Waals surface area contributed by atoms with Crippen LogP contribution in [0.25, 0.3) is 0 Å². The number of methoxy groups -OCH3 is 1. The molecule has 0 radical (unpaired) electrons. The fourth-order valence-electron chi connectivity index (χ4n) is 2.51. The number of hydrogen-bond acceptors (Lipinski definition) is 5. The molecule has 8 heteroatoms. The molecule has 144 valence electrons. The Labute approximate surface area is 154 Å². The minimum Gasteiger partial charge on any atom is -0.467 e. The summed E-state index contributed by atoms with van der Waals surface area (Å²) in [6.45, 7) is 4.28. The van der Waals surface area contributed by atoms with Crippen LogP contribution in [0, 0.1) is 11.8 Å².